The lowest BCUT2D eigenvalue weighted by molar-refractivity contribution is -0.116. The predicted molar refractivity (Wildman–Crippen MR) is 81.2 cm³/mol. The molecule has 0 aliphatic rings. The average Bonchev–Trinajstić information content (AvgIpc) is 2.27. The van der Waals surface area contributed by atoms with Crippen LogP contribution >= 0.6 is 0 Å². The molecule has 0 aliphatic carbocycles. The zero-order valence-corrected chi connectivity index (χ0v) is 12.5. The van der Waals surface area contributed by atoms with Gasteiger partial charge in [0, 0.05) is 12.1 Å². The zero-order chi connectivity index (χ0) is 14.4. The lowest BCUT2D eigenvalue weighted by atomic mass is 9.91. The second-order valence-electron chi connectivity index (χ2n) is 5.70. The third-order valence-electron chi connectivity index (χ3n) is 3.49. The highest BCUT2D eigenvalue weighted by Crippen LogP contribution is 2.17. The van der Waals surface area contributed by atoms with Crippen molar-refractivity contribution in [2.45, 2.75) is 40.5 Å². The normalized spacial score (nSPS) is 12.5. The third-order valence-corrected chi connectivity index (χ3v) is 3.49. The molecule has 0 bridgehead atoms. The van der Waals surface area contributed by atoms with Gasteiger partial charge in [0.15, 0.2) is 0 Å². The van der Waals surface area contributed by atoms with Crippen LogP contribution < -0.4 is 11.1 Å². The summed E-state index contributed by atoms with van der Waals surface area (Å²) in [6.07, 6.45) is 1.39. The molecular weight excluding hydrogens is 236 g/mol. The smallest absolute Gasteiger partial charge is 0.224 e. The standard InChI is InChI=1S/C16H26N2O/c1-11(2)14(10-17)5-6-16(19)18-15-8-12(3)7-13(4)9-15/h7-9,11,14H,5-6,10,17H2,1-4H3,(H,18,19). The van der Waals surface area contributed by atoms with E-state index in [1.807, 2.05) is 26.0 Å². The number of benzene rings is 1. The molecule has 0 spiro atoms. The van der Waals surface area contributed by atoms with Gasteiger partial charge in [-0.05, 0) is 61.9 Å². The van der Waals surface area contributed by atoms with E-state index in [0.29, 0.717) is 24.8 Å². The molecule has 106 valence electrons. The molecule has 0 radical (unpaired) electrons. The van der Waals surface area contributed by atoms with E-state index in [9.17, 15) is 4.79 Å². The van der Waals surface area contributed by atoms with Gasteiger partial charge in [-0.2, -0.15) is 0 Å². The Morgan fingerprint density at radius 2 is 1.79 bits per heavy atom. The van der Waals surface area contributed by atoms with Crippen molar-refractivity contribution in [3.8, 4) is 0 Å². The number of carbonyl (C=O) groups excluding carboxylic acids is 1. The number of nitrogens with one attached hydrogen (secondary N) is 1. The predicted octanol–water partition coefficient (Wildman–Crippen LogP) is 3.25. The summed E-state index contributed by atoms with van der Waals surface area (Å²) < 4.78 is 0. The SMILES string of the molecule is Cc1cc(C)cc(NC(=O)CCC(CN)C(C)C)c1. The minimum atomic E-state index is 0.0732. The molecule has 3 N–H and O–H groups in total. The van der Waals surface area contributed by atoms with Crippen LogP contribution in [0.2, 0.25) is 0 Å². The fourth-order valence-electron chi connectivity index (χ4n) is 2.31. The van der Waals surface area contributed by atoms with Gasteiger partial charge in [-0.15, -0.1) is 0 Å². The number of carbonyl (C=O) groups is 1. The Morgan fingerprint density at radius 3 is 2.26 bits per heavy atom. The monoisotopic (exact) mass is 262 g/mol. The van der Waals surface area contributed by atoms with E-state index in [4.69, 9.17) is 5.73 Å². The highest BCUT2D eigenvalue weighted by molar-refractivity contribution is 5.90. The van der Waals surface area contributed by atoms with Crippen molar-refractivity contribution in [1.82, 2.24) is 0 Å². The molecule has 1 unspecified atom stereocenters. The number of hydrogen-bond donors (Lipinski definition) is 2. The first-order valence-corrected chi connectivity index (χ1v) is 7.00. The van der Waals surface area contributed by atoms with Crippen molar-refractivity contribution in [3.63, 3.8) is 0 Å². The van der Waals surface area contributed by atoms with Crippen molar-refractivity contribution in [2.24, 2.45) is 17.6 Å². The molecule has 1 aromatic carbocycles. The summed E-state index contributed by atoms with van der Waals surface area (Å²) in [6, 6.07) is 6.08. The van der Waals surface area contributed by atoms with Crippen LogP contribution in [-0.4, -0.2) is 12.5 Å². The quantitative estimate of drug-likeness (QED) is 0.826. The molecule has 0 aliphatic heterocycles. The first-order chi connectivity index (χ1) is 8.92. The molecule has 1 atom stereocenters. The second-order valence-corrected chi connectivity index (χ2v) is 5.70. The van der Waals surface area contributed by atoms with Crippen LogP contribution in [-0.2, 0) is 4.79 Å². The zero-order valence-electron chi connectivity index (χ0n) is 12.5. The summed E-state index contributed by atoms with van der Waals surface area (Å²) in [5, 5.41) is 2.96. The number of nitrogens with two attached hydrogens (primary N) is 1. The van der Waals surface area contributed by atoms with E-state index >= 15 is 0 Å². The van der Waals surface area contributed by atoms with Crippen LogP contribution in [0.3, 0.4) is 0 Å². The van der Waals surface area contributed by atoms with Gasteiger partial charge in [0.05, 0.1) is 0 Å². The van der Waals surface area contributed by atoms with Gasteiger partial charge < -0.3 is 11.1 Å². The maximum atomic E-state index is 11.9. The van der Waals surface area contributed by atoms with Crippen molar-refractivity contribution in [2.75, 3.05) is 11.9 Å². The van der Waals surface area contributed by atoms with Gasteiger partial charge in [0.25, 0.3) is 0 Å². The Balaban J connectivity index is 2.51. The second kappa shape index (κ2) is 7.29. The van der Waals surface area contributed by atoms with Crippen molar-refractivity contribution < 1.29 is 4.79 Å². The van der Waals surface area contributed by atoms with Crippen LogP contribution in [0.5, 0.6) is 0 Å². The molecule has 0 heterocycles. The minimum absolute atomic E-state index is 0.0732. The molecule has 0 aromatic heterocycles. The van der Waals surface area contributed by atoms with Crippen molar-refractivity contribution in [1.29, 1.82) is 0 Å². The van der Waals surface area contributed by atoms with Crippen LogP contribution in [0.1, 0.15) is 37.8 Å². The van der Waals surface area contributed by atoms with E-state index in [0.717, 1.165) is 23.2 Å². The molecular formula is C16H26N2O. The summed E-state index contributed by atoms with van der Waals surface area (Å²) in [6.45, 7) is 9.02. The van der Waals surface area contributed by atoms with Crippen LogP contribution in [0.15, 0.2) is 18.2 Å². The largest absolute Gasteiger partial charge is 0.330 e. The fraction of sp³-hybridized carbons (Fsp3) is 0.562. The number of hydrogen-bond acceptors (Lipinski definition) is 2. The summed E-state index contributed by atoms with van der Waals surface area (Å²) >= 11 is 0. The fourth-order valence-corrected chi connectivity index (χ4v) is 2.31. The van der Waals surface area contributed by atoms with Gasteiger partial charge >= 0.3 is 0 Å². The molecule has 3 nitrogen and oxygen atoms in total. The highest BCUT2D eigenvalue weighted by Gasteiger charge is 2.13. The summed E-state index contributed by atoms with van der Waals surface area (Å²) in [4.78, 5) is 11.9. The van der Waals surface area contributed by atoms with E-state index in [1.54, 1.807) is 0 Å². The Morgan fingerprint density at radius 1 is 1.21 bits per heavy atom. The van der Waals surface area contributed by atoms with E-state index in [2.05, 4.69) is 25.2 Å². The summed E-state index contributed by atoms with van der Waals surface area (Å²) in [5.74, 6) is 1.02. The molecule has 1 amide bonds. The van der Waals surface area contributed by atoms with Crippen molar-refractivity contribution in [3.05, 3.63) is 29.3 Å². The maximum absolute atomic E-state index is 11.9. The summed E-state index contributed by atoms with van der Waals surface area (Å²) in [5.41, 5.74) is 8.93. The van der Waals surface area contributed by atoms with E-state index in [1.165, 1.54) is 0 Å². The van der Waals surface area contributed by atoms with Gasteiger partial charge in [-0.1, -0.05) is 19.9 Å². The maximum Gasteiger partial charge on any atom is 0.224 e. The molecule has 3 heteroatoms. The van der Waals surface area contributed by atoms with Gasteiger partial charge in [-0.3, -0.25) is 4.79 Å². The summed E-state index contributed by atoms with van der Waals surface area (Å²) in [7, 11) is 0. The first-order valence-electron chi connectivity index (χ1n) is 7.00. The molecule has 1 aromatic rings. The van der Waals surface area contributed by atoms with Crippen LogP contribution in [0.4, 0.5) is 5.69 Å². The Bertz CT molecular complexity index is 407. The van der Waals surface area contributed by atoms with Crippen molar-refractivity contribution >= 4 is 11.6 Å². The van der Waals surface area contributed by atoms with E-state index in [-0.39, 0.29) is 5.91 Å². The average molecular weight is 262 g/mol. The molecule has 19 heavy (non-hydrogen) atoms. The number of aryl methyl sites for hydroxylation is 2. The number of anilines is 1. The van der Waals surface area contributed by atoms with Crippen LogP contribution in [0.25, 0.3) is 0 Å². The van der Waals surface area contributed by atoms with Crippen LogP contribution in [0, 0.1) is 25.7 Å². The Kier molecular flexibility index (Phi) is 6.03. The number of rotatable bonds is 6. The third kappa shape index (κ3) is 5.43. The highest BCUT2D eigenvalue weighted by atomic mass is 16.1. The Labute approximate surface area is 116 Å². The Hall–Kier alpha value is -1.35. The lowest BCUT2D eigenvalue weighted by Crippen LogP contribution is -2.22. The van der Waals surface area contributed by atoms with E-state index < -0.39 is 0 Å². The topological polar surface area (TPSA) is 55.1 Å². The minimum Gasteiger partial charge on any atom is -0.330 e. The van der Waals surface area contributed by atoms with Gasteiger partial charge in [-0.25, -0.2) is 0 Å². The molecule has 0 fully saturated rings. The first kappa shape index (κ1) is 15.7. The lowest BCUT2D eigenvalue weighted by Gasteiger charge is -2.18. The molecule has 0 saturated carbocycles. The van der Waals surface area contributed by atoms with Gasteiger partial charge in [0.2, 0.25) is 5.91 Å². The molecule has 0 saturated heterocycles. The number of amides is 1. The molecule has 1 rings (SSSR count). The van der Waals surface area contributed by atoms with Gasteiger partial charge in [0.1, 0.15) is 0 Å².